The Bertz CT molecular complexity index is 1360. The molecule has 0 bridgehead atoms. The summed E-state index contributed by atoms with van der Waals surface area (Å²) >= 11 is 0. The number of hydrogen-bond donors (Lipinski definition) is 0. The number of anilines is 1. The van der Waals surface area contributed by atoms with E-state index in [-0.39, 0.29) is 11.5 Å². The summed E-state index contributed by atoms with van der Waals surface area (Å²) in [6, 6.07) is 30.4. The molecule has 5 nitrogen and oxygen atoms in total. The van der Waals surface area contributed by atoms with Crippen LogP contribution >= 0.6 is 0 Å². The Labute approximate surface area is 219 Å². The van der Waals surface area contributed by atoms with Gasteiger partial charge in [-0.1, -0.05) is 85.8 Å². The van der Waals surface area contributed by atoms with Crippen LogP contribution in [0.3, 0.4) is 0 Å². The minimum atomic E-state index is -0.567. The van der Waals surface area contributed by atoms with Crippen LogP contribution in [0.2, 0.25) is 0 Å². The van der Waals surface area contributed by atoms with Crippen molar-refractivity contribution in [3.05, 3.63) is 120 Å². The molecule has 0 saturated heterocycles. The van der Waals surface area contributed by atoms with Gasteiger partial charge in [0.05, 0.1) is 12.2 Å². The molecule has 0 fully saturated rings. The maximum atomic E-state index is 12.6. The fraction of sp³-hybridized carbons (Fsp3) is 0.312. The van der Waals surface area contributed by atoms with Crippen LogP contribution in [-0.4, -0.2) is 21.5 Å². The van der Waals surface area contributed by atoms with Gasteiger partial charge in [-0.2, -0.15) is 9.78 Å². The zero-order chi connectivity index (χ0) is 26.0. The van der Waals surface area contributed by atoms with E-state index in [1.54, 1.807) is 6.20 Å². The van der Waals surface area contributed by atoms with Crippen molar-refractivity contribution in [3.63, 3.8) is 0 Å². The molecule has 1 aliphatic rings. The second-order valence-corrected chi connectivity index (χ2v) is 11.3. The molecule has 0 N–H and O–H groups in total. The van der Waals surface area contributed by atoms with Crippen LogP contribution in [0.25, 0.3) is 0 Å². The van der Waals surface area contributed by atoms with Gasteiger partial charge in [0.2, 0.25) is 0 Å². The molecule has 1 aromatic heterocycles. The molecule has 3 aromatic carbocycles. The number of nitrogens with zero attached hydrogens (tertiary/aromatic N) is 3. The van der Waals surface area contributed by atoms with E-state index in [1.165, 1.54) is 27.1 Å². The summed E-state index contributed by atoms with van der Waals surface area (Å²) < 4.78 is 6.82. The first-order chi connectivity index (χ1) is 17.7. The molecule has 0 unspecified atom stereocenters. The van der Waals surface area contributed by atoms with Gasteiger partial charge in [0.25, 0.3) is 0 Å². The molecule has 0 spiro atoms. The van der Waals surface area contributed by atoms with Crippen molar-refractivity contribution in [2.45, 2.75) is 64.1 Å². The van der Waals surface area contributed by atoms with E-state index in [2.05, 4.69) is 102 Å². The molecule has 1 aliphatic heterocycles. The van der Waals surface area contributed by atoms with E-state index in [4.69, 9.17) is 4.74 Å². The summed E-state index contributed by atoms with van der Waals surface area (Å²) in [7, 11) is 0. The lowest BCUT2D eigenvalue weighted by atomic mass is 9.68. The molecule has 4 aromatic rings. The monoisotopic (exact) mass is 493 g/mol. The molecular formula is C32H35N3O2. The SMILES string of the molecule is CC(C)(C)OC(=O)n1cc(C[C@]2(C)C[C@@H](c3ccccc3)N(Cc3ccccc3)c3ccccc32)cn1. The average molecular weight is 494 g/mol. The highest BCUT2D eigenvalue weighted by molar-refractivity contribution is 5.70. The van der Waals surface area contributed by atoms with Crippen molar-refractivity contribution in [1.29, 1.82) is 0 Å². The third kappa shape index (κ3) is 5.46. The first kappa shape index (κ1) is 24.8. The molecule has 0 radical (unpaired) electrons. The molecule has 2 atom stereocenters. The second-order valence-electron chi connectivity index (χ2n) is 11.3. The number of benzene rings is 3. The summed E-state index contributed by atoms with van der Waals surface area (Å²) in [5, 5.41) is 4.33. The molecule has 0 saturated carbocycles. The number of para-hydroxylation sites is 1. The molecule has 0 aliphatic carbocycles. The van der Waals surface area contributed by atoms with E-state index >= 15 is 0 Å². The minimum absolute atomic E-state index is 0.147. The molecule has 5 heteroatoms. The Kier molecular flexibility index (Phi) is 6.63. The van der Waals surface area contributed by atoms with Gasteiger partial charge in [0.15, 0.2) is 0 Å². The van der Waals surface area contributed by atoms with Crippen molar-refractivity contribution in [2.75, 3.05) is 4.90 Å². The van der Waals surface area contributed by atoms with Crippen LogP contribution in [0.1, 0.15) is 62.4 Å². The zero-order valence-electron chi connectivity index (χ0n) is 22.1. The van der Waals surface area contributed by atoms with Gasteiger partial charge < -0.3 is 9.64 Å². The smallest absolute Gasteiger partial charge is 0.435 e. The summed E-state index contributed by atoms with van der Waals surface area (Å²) in [5.41, 5.74) is 5.49. The van der Waals surface area contributed by atoms with Crippen LogP contribution in [-0.2, 0) is 23.1 Å². The van der Waals surface area contributed by atoms with Crippen molar-refractivity contribution in [3.8, 4) is 0 Å². The molecular weight excluding hydrogens is 458 g/mol. The van der Waals surface area contributed by atoms with Crippen molar-refractivity contribution in [1.82, 2.24) is 9.78 Å². The maximum absolute atomic E-state index is 12.6. The first-order valence-corrected chi connectivity index (χ1v) is 12.9. The van der Waals surface area contributed by atoms with Gasteiger partial charge in [-0.15, -0.1) is 0 Å². The van der Waals surface area contributed by atoms with Crippen molar-refractivity contribution >= 4 is 11.8 Å². The predicted octanol–water partition coefficient (Wildman–Crippen LogP) is 7.32. The Morgan fingerprint density at radius 1 is 0.946 bits per heavy atom. The fourth-order valence-electron chi connectivity index (χ4n) is 5.48. The quantitative estimate of drug-likeness (QED) is 0.292. The number of ether oxygens (including phenoxy) is 1. The maximum Gasteiger partial charge on any atom is 0.435 e. The molecule has 2 heterocycles. The molecule has 0 amide bonds. The normalized spacial score (nSPS) is 19.4. The Morgan fingerprint density at radius 2 is 1.59 bits per heavy atom. The van der Waals surface area contributed by atoms with E-state index in [1.807, 2.05) is 27.0 Å². The van der Waals surface area contributed by atoms with E-state index in [0.717, 1.165) is 24.9 Å². The first-order valence-electron chi connectivity index (χ1n) is 12.9. The average Bonchev–Trinajstić information content (AvgIpc) is 3.34. The van der Waals surface area contributed by atoms with Gasteiger partial charge in [0.1, 0.15) is 5.60 Å². The molecule has 190 valence electrons. The number of rotatable bonds is 5. The van der Waals surface area contributed by atoms with E-state index in [9.17, 15) is 4.79 Å². The molecule has 5 rings (SSSR count). The highest BCUT2D eigenvalue weighted by Gasteiger charge is 2.41. The van der Waals surface area contributed by atoms with E-state index < -0.39 is 11.7 Å². The number of carbonyl (C=O) groups excluding carboxylic acids is 1. The minimum Gasteiger partial charge on any atom is -0.442 e. The Morgan fingerprint density at radius 3 is 2.30 bits per heavy atom. The van der Waals surface area contributed by atoms with Crippen LogP contribution < -0.4 is 4.90 Å². The van der Waals surface area contributed by atoms with Gasteiger partial charge >= 0.3 is 6.09 Å². The number of carbonyl (C=O) groups is 1. The standard InChI is InChI=1S/C32H35N3O2/c1-31(2,3)37-30(36)35-23-25(21-33-35)19-32(4)20-29(26-15-9-6-10-16-26)34(22-24-13-7-5-8-14-24)28-18-12-11-17-27(28)32/h5-18,21,23,29H,19-20,22H2,1-4H3/t29-,32+/m0/s1. The highest BCUT2D eigenvalue weighted by atomic mass is 16.6. The summed E-state index contributed by atoms with van der Waals surface area (Å²) in [5.74, 6) is 0. The largest absolute Gasteiger partial charge is 0.442 e. The lowest BCUT2D eigenvalue weighted by molar-refractivity contribution is 0.0514. The van der Waals surface area contributed by atoms with Gasteiger partial charge in [-0.05, 0) is 61.9 Å². The number of hydrogen-bond acceptors (Lipinski definition) is 4. The lowest BCUT2D eigenvalue weighted by Gasteiger charge is -2.48. The number of fused-ring (bicyclic) bond motifs is 1. The fourth-order valence-corrected chi connectivity index (χ4v) is 5.48. The van der Waals surface area contributed by atoms with Crippen LogP contribution in [0.5, 0.6) is 0 Å². The summed E-state index contributed by atoms with van der Waals surface area (Å²) in [6.45, 7) is 8.76. The van der Waals surface area contributed by atoms with Gasteiger partial charge in [0, 0.05) is 23.8 Å². The second kappa shape index (κ2) is 9.89. The zero-order valence-corrected chi connectivity index (χ0v) is 22.1. The predicted molar refractivity (Wildman–Crippen MR) is 148 cm³/mol. The number of aromatic nitrogens is 2. The molecule has 37 heavy (non-hydrogen) atoms. The van der Waals surface area contributed by atoms with Gasteiger partial charge in [-0.25, -0.2) is 4.79 Å². The third-order valence-electron chi connectivity index (χ3n) is 7.07. The van der Waals surface area contributed by atoms with Gasteiger partial charge in [-0.3, -0.25) is 0 Å². The van der Waals surface area contributed by atoms with Crippen LogP contribution in [0, 0.1) is 0 Å². The van der Waals surface area contributed by atoms with Crippen molar-refractivity contribution in [2.24, 2.45) is 0 Å². The summed E-state index contributed by atoms with van der Waals surface area (Å²) in [4.78, 5) is 15.1. The summed E-state index contributed by atoms with van der Waals surface area (Å²) in [6.07, 6.45) is 4.87. The third-order valence-corrected chi connectivity index (χ3v) is 7.07. The van der Waals surface area contributed by atoms with Crippen LogP contribution in [0.4, 0.5) is 10.5 Å². The van der Waals surface area contributed by atoms with Crippen molar-refractivity contribution < 1.29 is 9.53 Å². The van der Waals surface area contributed by atoms with Crippen LogP contribution in [0.15, 0.2) is 97.3 Å². The highest BCUT2D eigenvalue weighted by Crippen LogP contribution is 2.50. The lowest BCUT2D eigenvalue weighted by Crippen LogP contribution is -2.42. The topological polar surface area (TPSA) is 47.4 Å². The Balaban J connectivity index is 1.51. The van der Waals surface area contributed by atoms with E-state index in [0.29, 0.717) is 0 Å². The Hall–Kier alpha value is -3.86.